The molecule has 1 aliphatic rings. The number of aryl methyl sites for hydroxylation is 2. The second kappa shape index (κ2) is 16.1. The second-order valence-electron chi connectivity index (χ2n) is 11.3. The molecule has 8 heteroatoms. The molecule has 0 aliphatic carbocycles. The molecule has 8 nitrogen and oxygen atoms in total. The number of rotatable bonds is 16. The minimum absolute atomic E-state index is 0.0153. The van der Waals surface area contributed by atoms with E-state index in [1.54, 1.807) is 17.0 Å². The Kier molecular flexibility index (Phi) is 12.0. The minimum Gasteiger partial charge on any atom is -0.493 e. The van der Waals surface area contributed by atoms with Gasteiger partial charge in [-0.3, -0.25) is 14.6 Å². The van der Waals surface area contributed by atoms with Crippen LogP contribution in [0.5, 0.6) is 17.2 Å². The molecule has 1 aromatic heterocycles. The molecular formula is C35H45N3O5. The number of likely N-dealkylation sites (tertiary alicyclic amines) is 1. The van der Waals surface area contributed by atoms with Crippen molar-refractivity contribution >= 4 is 11.7 Å². The van der Waals surface area contributed by atoms with E-state index in [2.05, 4.69) is 53.3 Å². The van der Waals surface area contributed by atoms with Gasteiger partial charge in [-0.15, -0.1) is 0 Å². The highest BCUT2D eigenvalue weighted by molar-refractivity contribution is 6.43. The number of amides is 1. The Labute approximate surface area is 256 Å². The molecular weight excluding hydrogens is 542 g/mol. The molecule has 1 saturated heterocycles. The maximum atomic E-state index is 13.6. The third kappa shape index (κ3) is 8.57. The van der Waals surface area contributed by atoms with E-state index in [1.165, 1.54) is 32.5 Å². The van der Waals surface area contributed by atoms with Gasteiger partial charge < -0.3 is 24.0 Å². The van der Waals surface area contributed by atoms with Crippen LogP contribution in [0.2, 0.25) is 0 Å². The van der Waals surface area contributed by atoms with E-state index in [0.29, 0.717) is 29.8 Å². The predicted molar refractivity (Wildman–Crippen MR) is 168 cm³/mol. The molecule has 43 heavy (non-hydrogen) atoms. The number of carbonyl (C=O) groups excluding carboxylic acids is 2. The molecule has 1 aliphatic heterocycles. The lowest BCUT2D eigenvalue weighted by molar-refractivity contribution is -0.127. The van der Waals surface area contributed by atoms with Crippen molar-refractivity contribution in [2.75, 3.05) is 41.5 Å². The molecule has 4 rings (SSSR count). The fourth-order valence-electron chi connectivity index (χ4n) is 6.10. The molecule has 0 unspecified atom stereocenters. The van der Waals surface area contributed by atoms with Gasteiger partial charge >= 0.3 is 0 Å². The first-order chi connectivity index (χ1) is 20.9. The fraction of sp³-hybridized carbons (Fsp3) is 0.457. The van der Waals surface area contributed by atoms with Gasteiger partial charge in [-0.25, -0.2) is 0 Å². The zero-order chi connectivity index (χ0) is 30.6. The van der Waals surface area contributed by atoms with Crippen LogP contribution in [0.25, 0.3) is 0 Å². The normalized spacial score (nSPS) is 15.4. The fourth-order valence-corrected chi connectivity index (χ4v) is 6.10. The first kappa shape index (κ1) is 32.0. The van der Waals surface area contributed by atoms with Crippen LogP contribution in [-0.2, 0) is 17.6 Å². The van der Waals surface area contributed by atoms with Gasteiger partial charge in [0.05, 0.1) is 21.3 Å². The topological polar surface area (TPSA) is 81.2 Å². The number of hydrogen-bond donors (Lipinski definition) is 0. The zero-order valence-corrected chi connectivity index (χ0v) is 26.0. The molecule has 0 radical (unpaired) electrons. The third-order valence-electron chi connectivity index (χ3n) is 8.45. The highest BCUT2D eigenvalue weighted by atomic mass is 16.5. The summed E-state index contributed by atoms with van der Waals surface area (Å²) in [6, 6.07) is 18.2. The maximum Gasteiger partial charge on any atom is 0.295 e. The van der Waals surface area contributed by atoms with Crippen LogP contribution in [0.3, 0.4) is 0 Å². The summed E-state index contributed by atoms with van der Waals surface area (Å²) in [4.78, 5) is 35.4. The van der Waals surface area contributed by atoms with Crippen LogP contribution in [-0.4, -0.2) is 80.0 Å². The van der Waals surface area contributed by atoms with Gasteiger partial charge in [0.15, 0.2) is 11.5 Å². The van der Waals surface area contributed by atoms with Crippen molar-refractivity contribution in [1.82, 2.24) is 14.8 Å². The summed E-state index contributed by atoms with van der Waals surface area (Å²) in [5.41, 5.74) is 2.84. The molecule has 2 heterocycles. The summed E-state index contributed by atoms with van der Waals surface area (Å²) in [5, 5.41) is 0. The Morgan fingerprint density at radius 3 is 2.19 bits per heavy atom. The first-order valence-electron chi connectivity index (χ1n) is 15.2. The van der Waals surface area contributed by atoms with Crippen molar-refractivity contribution in [2.24, 2.45) is 0 Å². The van der Waals surface area contributed by atoms with Crippen molar-refractivity contribution in [3.8, 4) is 17.2 Å². The summed E-state index contributed by atoms with van der Waals surface area (Å²) in [7, 11) is 6.66. The Balaban J connectivity index is 1.42. The minimum atomic E-state index is -0.565. The zero-order valence-electron chi connectivity index (χ0n) is 26.0. The van der Waals surface area contributed by atoms with E-state index in [-0.39, 0.29) is 11.6 Å². The lowest BCUT2D eigenvalue weighted by Crippen LogP contribution is -2.47. The number of Topliss-reactive ketones (excluding diaryl/α,β-unsaturated/α-hetero) is 1. The molecule has 0 bridgehead atoms. The van der Waals surface area contributed by atoms with Crippen molar-refractivity contribution in [1.29, 1.82) is 0 Å². The van der Waals surface area contributed by atoms with Gasteiger partial charge in [0.2, 0.25) is 5.75 Å². The van der Waals surface area contributed by atoms with Crippen molar-refractivity contribution in [2.45, 2.75) is 63.5 Å². The van der Waals surface area contributed by atoms with Crippen LogP contribution >= 0.6 is 0 Å². The monoisotopic (exact) mass is 587 g/mol. The van der Waals surface area contributed by atoms with Crippen molar-refractivity contribution in [3.05, 3.63) is 83.7 Å². The lowest BCUT2D eigenvalue weighted by atomic mass is 9.98. The number of carbonyl (C=O) groups is 2. The molecule has 1 fully saturated rings. The Bertz CT molecular complexity index is 1250. The largest absolute Gasteiger partial charge is 0.493 e. The summed E-state index contributed by atoms with van der Waals surface area (Å²) in [6.45, 7) is 1.31. The molecule has 0 saturated carbocycles. The number of pyridine rings is 1. The van der Waals surface area contributed by atoms with E-state index in [1.807, 2.05) is 18.5 Å². The van der Waals surface area contributed by atoms with E-state index < -0.39 is 11.7 Å². The van der Waals surface area contributed by atoms with Crippen molar-refractivity contribution < 1.29 is 23.8 Å². The number of likely N-dealkylation sites (N-methyl/N-ethyl adjacent to an activating group) is 1. The molecule has 3 aromatic rings. The van der Waals surface area contributed by atoms with Crippen LogP contribution in [0.4, 0.5) is 0 Å². The van der Waals surface area contributed by atoms with Crippen LogP contribution < -0.4 is 14.2 Å². The number of hydrogen-bond acceptors (Lipinski definition) is 7. The lowest BCUT2D eigenvalue weighted by Gasteiger charge is -2.33. The van der Waals surface area contributed by atoms with Crippen LogP contribution in [0, 0.1) is 0 Å². The molecule has 1 amide bonds. The van der Waals surface area contributed by atoms with Gasteiger partial charge in [0, 0.05) is 43.1 Å². The van der Waals surface area contributed by atoms with E-state index in [9.17, 15) is 9.59 Å². The standard InChI is InChI=1S/C35H45N3O5/c1-37(29(17-8-14-26-12-6-5-7-13-26)18-9-15-27-16-10-20-36-24-27)25-30-19-11-21-38(30)35(40)33(39)28-22-31(41-2)34(43-4)32(23-28)42-3/h5-7,10,12-13,16,20,22-24,29-30H,8-9,11,14-15,17-19,21,25H2,1-4H3/t29-,30+/m1/s1. The molecule has 0 N–H and O–H groups in total. The van der Waals surface area contributed by atoms with E-state index in [0.717, 1.165) is 57.9 Å². The summed E-state index contributed by atoms with van der Waals surface area (Å²) >= 11 is 0. The summed E-state index contributed by atoms with van der Waals surface area (Å²) in [6.07, 6.45) is 11.9. The van der Waals surface area contributed by atoms with Crippen molar-refractivity contribution in [3.63, 3.8) is 0 Å². The maximum absolute atomic E-state index is 13.6. The Morgan fingerprint density at radius 2 is 1.58 bits per heavy atom. The number of methoxy groups -OCH3 is 3. The molecule has 230 valence electrons. The predicted octanol–water partition coefficient (Wildman–Crippen LogP) is 5.63. The van der Waals surface area contributed by atoms with Crippen LogP contribution in [0.1, 0.15) is 60.0 Å². The van der Waals surface area contributed by atoms with E-state index in [4.69, 9.17) is 14.2 Å². The number of ether oxygens (including phenoxy) is 3. The number of aromatic nitrogens is 1. The highest BCUT2D eigenvalue weighted by Gasteiger charge is 2.35. The summed E-state index contributed by atoms with van der Waals surface area (Å²) in [5.74, 6) is 0.0317. The quantitative estimate of drug-likeness (QED) is 0.159. The van der Waals surface area contributed by atoms with Gasteiger partial charge in [-0.05, 0) is 87.7 Å². The number of nitrogens with zero attached hydrogens (tertiary/aromatic N) is 3. The Hall–Kier alpha value is -3.91. The smallest absolute Gasteiger partial charge is 0.295 e. The first-order valence-corrected chi connectivity index (χ1v) is 15.2. The van der Waals surface area contributed by atoms with Gasteiger partial charge in [-0.2, -0.15) is 0 Å². The number of benzene rings is 2. The van der Waals surface area contributed by atoms with Gasteiger partial charge in [0.1, 0.15) is 0 Å². The Morgan fingerprint density at radius 1 is 0.930 bits per heavy atom. The van der Waals surface area contributed by atoms with E-state index >= 15 is 0 Å². The molecule has 2 aromatic carbocycles. The molecule has 0 spiro atoms. The molecule has 2 atom stereocenters. The average molecular weight is 588 g/mol. The van der Waals surface area contributed by atoms with Gasteiger partial charge in [0.25, 0.3) is 11.7 Å². The number of ketones is 1. The average Bonchev–Trinajstić information content (AvgIpc) is 3.51. The summed E-state index contributed by atoms with van der Waals surface area (Å²) < 4.78 is 16.2. The second-order valence-corrected chi connectivity index (χ2v) is 11.3. The van der Waals surface area contributed by atoms with Gasteiger partial charge in [-0.1, -0.05) is 36.4 Å². The highest BCUT2D eigenvalue weighted by Crippen LogP contribution is 2.38. The third-order valence-corrected chi connectivity index (χ3v) is 8.45. The van der Waals surface area contributed by atoms with Crippen LogP contribution in [0.15, 0.2) is 67.0 Å². The SMILES string of the molecule is COc1cc(C(=O)C(=O)N2CCC[C@H]2CN(C)[C@H](CCCc2ccccc2)CCCc2cccnc2)cc(OC)c1OC.